The average molecular weight is 339 g/mol. The van der Waals surface area contributed by atoms with E-state index in [9.17, 15) is 17.6 Å². The summed E-state index contributed by atoms with van der Waals surface area (Å²) in [6.07, 6.45) is -4.52. The van der Waals surface area contributed by atoms with Crippen LogP contribution < -0.4 is 5.32 Å². The maximum Gasteiger partial charge on any atom is 0.434 e. The van der Waals surface area contributed by atoms with Crippen LogP contribution >= 0.6 is 22.9 Å². The second-order valence-electron chi connectivity index (χ2n) is 4.20. The average Bonchev–Trinajstić information content (AvgIpc) is 2.83. The number of thiazole rings is 1. The lowest BCUT2D eigenvalue weighted by Crippen LogP contribution is -2.15. The zero-order valence-electron chi connectivity index (χ0n) is 10.9. The molecule has 0 atom stereocenters. The molecule has 0 amide bonds. The minimum atomic E-state index is -4.52. The van der Waals surface area contributed by atoms with Gasteiger partial charge in [-0.15, -0.1) is 11.3 Å². The number of nitrogens with zero attached hydrogens (tertiary/aromatic N) is 1. The van der Waals surface area contributed by atoms with Crippen LogP contribution in [0.2, 0.25) is 5.02 Å². The summed E-state index contributed by atoms with van der Waals surface area (Å²) >= 11 is 6.57. The summed E-state index contributed by atoms with van der Waals surface area (Å²) in [4.78, 5) is 3.74. The zero-order valence-corrected chi connectivity index (χ0v) is 12.5. The van der Waals surface area contributed by atoms with Gasteiger partial charge in [-0.25, -0.2) is 9.37 Å². The van der Waals surface area contributed by atoms with Crippen LogP contribution in [-0.2, 0) is 12.7 Å². The number of aromatic nitrogens is 1. The van der Waals surface area contributed by atoms with Gasteiger partial charge in [0.1, 0.15) is 10.8 Å². The number of alkyl halides is 3. The highest BCUT2D eigenvalue weighted by Gasteiger charge is 2.37. The largest absolute Gasteiger partial charge is 0.434 e. The monoisotopic (exact) mass is 338 g/mol. The molecule has 0 unspecified atom stereocenters. The van der Waals surface area contributed by atoms with E-state index in [4.69, 9.17) is 11.6 Å². The van der Waals surface area contributed by atoms with Crippen molar-refractivity contribution in [2.75, 3.05) is 6.54 Å². The van der Waals surface area contributed by atoms with Crippen molar-refractivity contribution in [3.63, 3.8) is 0 Å². The van der Waals surface area contributed by atoms with Crippen molar-refractivity contribution in [3.8, 4) is 10.6 Å². The van der Waals surface area contributed by atoms with E-state index < -0.39 is 17.7 Å². The molecule has 0 bridgehead atoms. The van der Waals surface area contributed by atoms with Crippen LogP contribution in [0.25, 0.3) is 10.6 Å². The van der Waals surface area contributed by atoms with E-state index in [2.05, 4.69) is 10.3 Å². The second-order valence-corrected chi connectivity index (χ2v) is 5.69. The Morgan fingerprint density at radius 2 is 2.05 bits per heavy atom. The molecule has 8 heteroatoms. The Kier molecular flexibility index (Phi) is 4.85. The van der Waals surface area contributed by atoms with Crippen molar-refractivity contribution in [2.24, 2.45) is 0 Å². The predicted molar refractivity (Wildman–Crippen MR) is 74.9 cm³/mol. The van der Waals surface area contributed by atoms with E-state index in [0.29, 0.717) is 12.1 Å². The summed E-state index contributed by atoms with van der Waals surface area (Å²) in [5.41, 5.74) is -0.552. The van der Waals surface area contributed by atoms with E-state index in [-0.39, 0.29) is 21.5 Å². The number of hydrogen-bond acceptors (Lipinski definition) is 3. The van der Waals surface area contributed by atoms with E-state index in [1.807, 2.05) is 0 Å². The molecule has 0 saturated heterocycles. The third-order valence-electron chi connectivity index (χ3n) is 2.67. The van der Waals surface area contributed by atoms with Gasteiger partial charge >= 0.3 is 6.18 Å². The lowest BCUT2D eigenvalue weighted by molar-refractivity contribution is -0.141. The number of rotatable bonds is 4. The third kappa shape index (κ3) is 3.72. The van der Waals surface area contributed by atoms with E-state index >= 15 is 0 Å². The van der Waals surface area contributed by atoms with Crippen molar-refractivity contribution < 1.29 is 17.6 Å². The van der Waals surface area contributed by atoms with Crippen LogP contribution in [0.5, 0.6) is 0 Å². The summed E-state index contributed by atoms with van der Waals surface area (Å²) in [5.74, 6) is -0.624. The molecule has 0 aliphatic carbocycles. The number of benzene rings is 1. The molecular formula is C13H11ClF4N2S. The van der Waals surface area contributed by atoms with E-state index in [1.165, 1.54) is 12.1 Å². The summed E-state index contributed by atoms with van der Waals surface area (Å²) in [6, 6.07) is 3.74. The molecule has 0 aliphatic heterocycles. The summed E-state index contributed by atoms with van der Waals surface area (Å²) in [7, 11) is 0. The van der Waals surface area contributed by atoms with Crippen LogP contribution in [0.3, 0.4) is 0 Å². The zero-order chi connectivity index (χ0) is 15.6. The van der Waals surface area contributed by atoms with Crippen molar-refractivity contribution in [2.45, 2.75) is 19.6 Å². The Bertz CT molecular complexity index is 640. The summed E-state index contributed by atoms with van der Waals surface area (Å²) < 4.78 is 52.1. The van der Waals surface area contributed by atoms with Crippen molar-refractivity contribution in [3.05, 3.63) is 39.6 Å². The molecule has 0 radical (unpaired) electrons. The Morgan fingerprint density at radius 1 is 1.33 bits per heavy atom. The highest BCUT2D eigenvalue weighted by atomic mass is 35.5. The van der Waals surface area contributed by atoms with Gasteiger partial charge in [-0.2, -0.15) is 13.2 Å². The maximum atomic E-state index is 13.1. The van der Waals surface area contributed by atoms with Gasteiger partial charge < -0.3 is 5.32 Å². The fraction of sp³-hybridized carbons (Fsp3) is 0.308. The molecule has 0 saturated carbocycles. The first kappa shape index (κ1) is 16.2. The molecule has 1 N–H and O–H groups in total. The number of hydrogen-bond donors (Lipinski definition) is 1. The minimum absolute atomic E-state index is 0.0813. The first-order valence-electron chi connectivity index (χ1n) is 6.06. The van der Waals surface area contributed by atoms with Gasteiger partial charge in [0, 0.05) is 12.1 Å². The molecule has 1 aromatic heterocycles. The quantitative estimate of drug-likeness (QED) is 0.815. The SMILES string of the molecule is CCNCc1sc(-c2ccc(F)c(Cl)c2)nc1C(F)(F)F. The lowest BCUT2D eigenvalue weighted by atomic mass is 10.2. The van der Waals surface area contributed by atoms with E-state index in [1.54, 1.807) is 6.92 Å². The maximum absolute atomic E-state index is 13.1. The molecular weight excluding hydrogens is 328 g/mol. The van der Waals surface area contributed by atoms with Crippen LogP contribution in [-0.4, -0.2) is 11.5 Å². The molecule has 2 rings (SSSR count). The van der Waals surface area contributed by atoms with Gasteiger partial charge in [0.05, 0.1) is 9.90 Å². The molecule has 0 spiro atoms. The van der Waals surface area contributed by atoms with Crippen LogP contribution in [0.15, 0.2) is 18.2 Å². The van der Waals surface area contributed by atoms with Gasteiger partial charge in [-0.3, -0.25) is 0 Å². The highest BCUT2D eigenvalue weighted by Crippen LogP contribution is 2.38. The van der Waals surface area contributed by atoms with Gasteiger partial charge in [-0.1, -0.05) is 18.5 Å². The Hall–Kier alpha value is -1.18. The van der Waals surface area contributed by atoms with Crippen molar-refractivity contribution in [1.82, 2.24) is 10.3 Å². The standard InChI is InChI=1S/C13H11ClF4N2S/c1-2-19-6-10-11(13(16,17)18)20-12(21-10)7-3-4-9(15)8(14)5-7/h3-5,19H,2,6H2,1H3. The lowest BCUT2D eigenvalue weighted by Gasteiger charge is -2.05. The Balaban J connectivity index is 2.45. The fourth-order valence-electron chi connectivity index (χ4n) is 1.68. The molecule has 1 heterocycles. The predicted octanol–water partition coefficient (Wildman–Crippen LogP) is 4.73. The Morgan fingerprint density at radius 3 is 2.62 bits per heavy atom. The van der Waals surface area contributed by atoms with Gasteiger partial charge in [0.2, 0.25) is 0 Å². The highest BCUT2D eigenvalue weighted by molar-refractivity contribution is 7.15. The van der Waals surface area contributed by atoms with Gasteiger partial charge in [0.25, 0.3) is 0 Å². The molecule has 2 aromatic rings. The minimum Gasteiger partial charge on any atom is -0.312 e. The van der Waals surface area contributed by atoms with Crippen molar-refractivity contribution >= 4 is 22.9 Å². The topological polar surface area (TPSA) is 24.9 Å². The third-order valence-corrected chi connectivity index (χ3v) is 4.06. The second kappa shape index (κ2) is 6.29. The van der Waals surface area contributed by atoms with Crippen LogP contribution in [0, 0.1) is 5.82 Å². The molecule has 1 aromatic carbocycles. The molecule has 0 aliphatic rings. The van der Waals surface area contributed by atoms with Crippen LogP contribution in [0.1, 0.15) is 17.5 Å². The smallest absolute Gasteiger partial charge is 0.312 e. The Labute approximate surface area is 127 Å². The van der Waals surface area contributed by atoms with Crippen molar-refractivity contribution in [1.29, 1.82) is 0 Å². The molecule has 21 heavy (non-hydrogen) atoms. The molecule has 114 valence electrons. The number of halogens is 5. The number of nitrogens with one attached hydrogen (secondary N) is 1. The van der Waals surface area contributed by atoms with Gasteiger partial charge in [-0.05, 0) is 24.7 Å². The summed E-state index contributed by atoms with van der Waals surface area (Å²) in [5, 5.41) is 2.86. The molecule has 2 nitrogen and oxygen atoms in total. The van der Waals surface area contributed by atoms with E-state index in [0.717, 1.165) is 17.4 Å². The van der Waals surface area contributed by atoms with Crippen LogP contribution in [0.4, 0.5) is 17.6 Å². The first-order valence-corrected chi connectivity index (χ1v) is 7.25. The summed E-state index contributed by atoms with van der Waals surface area (Å²) in [6.45, 7) is 2.43. The molecule has 0 fully saturated rings. The first-order chi connectivity index (χ1) is 9.82. The fourth-order valence-corrected chi connectivity index (χ4v) is 2.91. The van der Waals surface area contributed by atoms with Gasteiger partial charge in [0.15, 0.2) is 5.69 Å². The normalized spacial score (nSPS) is 11.9.